The summed E-state index contributed by atoms with van der Waals surface area (Å²) in [6.07, 6.45) is 3.40. The van der Waals surface area contributed by atoms with Crippen LogP contribution in [0.4, 0.5) is 0 Å². The number of hydrogen-bond donors (Lipinski definition) is 0. The summed E-state index contributed by atoms with van der Waals surface area (Å²) in [5, 5.41) is 0.549. The maximum atomic E-state index is 13.5. The number of carbonyl (C=O) groups excluding carboxylic acids is 1. The predicted molar refractivity (Wildman–Crippen MR) is 118 cm³/mol. The van der Waals surface area contributed by atoms with Crippen LogP contribution in [0.25, 0.3) is 16.6 Å². The minimum Gasteiger partial charge on any atom is -0.467 e. The lowest BCUT2D eigenvalue weighted by Crippen LogP contribution is -2.37. The second-order valence-electron chi connectivity index (χ2n) is 7.96. The Balaban J connectivity index is 1.68. The monoisotopic (exact) mass is 413 g/mol. The number of carbonyl (C=O) groups is 1. The quantitative estimate of drug-likeness (QED) is 0.467. The van der Waals surface area contributed by atoms with Crippen molar-refractivity contribution in [2.45, 2.75) is 32.4 Å². The first-order valence-corrected chi connectivity index (χ1v) is 10.5. The molecular weight excluding hydrogens is 390 g/mol. The van der Waals surface area contributed by atoms with Crippen molar-refractivity contribution in [1.82, 2.24) is 14.5 Å². The predicted octanol–water partition coefficient (Wildman–Crippen LogP) is 4.48. The van der Waals surface area contributed by atoms with E-state index in [0.717, 1.165) is 18.5 Å². The minimum absolute atomic E-state index is 0.0368. The number of hydrogen-bond acceptors (Lipinski definition) is 4. The molecule has 1 saturated carbocycles. The first-order chi connectivity index (χ1) is 15.1. The molecule has 1 aliphatic carbocycles. The molecule has 1 fully saturated rings. The summed E-state index contributed by atoms with van der Waals surface area (Å²) in [5.41, 5.74) is 1.21. The zero-order valence-electron chi connectivity index (χ0n) is 17.3. The average molecular weight is 413 g/mol. The zero-order valence-corrected chi connectivity index (χ0v) is 17.3. The Labute approximate surface area is 179 Å². The number of benzene rings is 2. The van der Waals surface area contributed by atoms with Gasteiger partial charge in [-0.3, -0.25) is 14.2 Å². The molecule has 1 atom stereocenters. The molecule has 6 nitrogen and oxygen atoms in total. The topological polar surface area (TPSA) is 68.3 Å². The van der Waals surface area contributed by atoms with Crippen LogP contribution in [-0.4, -0.2) is 20.4 Å². The molecule has 0 N–H and O–H groups in total. The fourth-order valence-electron chi connectivity index (χ4n) is 3.94. The van der Waals surface area contributed by atoms with Crippen molar-refractivity contribution in [3.63, 3.8) is 0 Å². The van der Waals surface area contributed by atoms with E-state index in [1.54, 1.807) is 21.8 Å². The van der Waals surface area contributed by atoms with E-state index in [-0.39, 0.29) is 17.4 Å². The van der Waals surface area contributed by atoms with Crippen LogP contribution in [0.1, 0.15) is 37.4 Å². The molecule has 2 aromatic heterocycles. The molecule has 2 aromatic carbocycles. The van der Waals surface area contributed by atoms with E-state index in [2.05, 4.69) is 0 Å². The molecule has 4 aromatic rings. The van der Waals surface area contributed by atoms with E-state index in [0.29, 0.717) is 29.0 Å². The van der Waals surface area contributed by atoms with Gasteiger partial charge in [0.1, 0.15) is 11.6 Å². The van der Waals surface area contributed by atoms with E-state index in [1.165, 1.54) is 0 Å². The molecule has 0 bridgehead atoms. The number of amides is 1. The van der Waals surface area contributed by atoms with Gasteiger partial charge in [0.2, 0.25) is 5.91 Å². The van der Waals surface area contributed by atoms with Gasteiger partial charge in [-0.15, -0.1) is 0 Å². The van der Waals surface area contributed by atoms with Gasteiger partial charge in [-0.25, -0.2) is 4.98 Å². The molecule has 156 valence electrons. The number of rotatable bonds is 6. The van der Waals surface area contributed by atoms with Crippen molar-refractivity contribution >= 4 is 16.8 Å². The van der Waals surface area contributed by atoms with Crippen LogP contribution in [-0.2, 0) is 11.3 Å². The summed E-state index contributed by atoms with van der Waals surface area (Å²) < 4.78 is 7.15. The van der Waals surface area contributed by atoms with Crippen LogP contribution in [0.2, 0.25) is 0 Å². The van der Waals surface area contributed by atoms with Gasteiger partial charge in [0.15, 0.2) is 0 Å². The molecule has 1 unspecified atom stereocenters. The third kappa shape index (κ3) is 3.65. The van der Waals surface area contributed by atoms with Gasteiger partial charge >= 0.3 is 0 Å². The summed E-state index contributed by atoms with van der Waals surface area (Å²) in [5.74, 6) is 1.35. The van der Waals surface area contributed by atoms with Gasteiger partial charge in [0.25, 0.3) is 5.56 Å². The molecule has 0 radical (unpaired) electrons. The van der Waals surface area contributed by atoms with E-state index in [1.807, 2.05) is 67.6 Å². The highest BCUT2D eigenvalue weighted by Crippen LogP contribution is 2.35. The van der Waals surface area contributed by atoms with Gasteiger partial charge in [-0.05, 0) is 56.2 Å². The molecular formula is C25H23N3O3. The standard InChI is InChI=1S/C25H23N3O3/c1-17(27(24(29)18-13-14-18)16-20-10-7-15-31-20)23-26-22-12-6-5-11-21(22)25(30)28(23)19-8-3-2-4-9-19/h2-12,15,17-18H,13-14,16H2,1H3. The van der Waals surface area contributed by atoms with Crippen LogP contribution in [0.3, 0.4) is 0 Å². The third-order valence-electron chi connectivity index (χ3n) is 5.77. The number of fused-ring (bicyclic) bond motifs is 1. The fourth-order valence-corrected chi connectivity index (χ4v) is 3.94. The van der Waals surface area contributed by atoms with Crippen LogP contribution >= 0.6 is 0 Å². The maximum absolute atomic E-state index is 13.5. The summed E-state index contributed by atoms with van der Waals surface area (Å²) in [7, 11) is 0. The first-order valence-electron chi connectivity index (χ1n) is 10.5. The van der Waals surface area contributed by atoms with Gasteiger partial charge in [-0.2, -0.15) is 0 Å². The Kier molecular flexibility index (Phi) is 4.90. The Morgan fingerprint density at radius 3 is 2.55 bits per heavy atom. The Morgan fingerprint density at radius 1 is 1.10 bits per heavy atom. The SMILES string of the molecule is CC(c1nc2ccccc2c(=O)n1-c1ccccc1)N(Cc1ccco1)C(=O)C1CC1. The molecule has 0 saturated heterocycles. The normalized spacial score (nSPS) is 14.5. The zero-order chi connectivity index (χ0) is 21.4. The molecule has 1 amide bonds. The lowest BCUT2D eigenvalue weighted by Gasteiger charge is -2.30. The lowest BCUT2D eigenvalue weighted by atomic mass is 10.1. The summed E-state index contributed by atoms with van der Waals surface area (Å²) in [6, 6.07) is 20.0. The fraction of sp³-hybridized carbons (Fsp3) is 0.240. The highest BCUT2D eigenvalue weighted by atomic mass is 16.3. The first kappa shape index (κ1) is 19.3. The summed E-state index contributed by atoms with van der Waals surface area (Å²) in [4.78, 5) is 33.4. The van der Waals surface area contributed by atoms with Crippen molar-refractivity contribution in [3.05, 3.63) is 94.9 Å². The van der Waals surface area contributed by atoms with Gasteiger partial charge in [-0.1, -0.05) is 30.3 Å². The highest BCUT2D eigenvalue weighted by molar-refractivity contribution is 5.82. The Hall–Kier alpha value is -3.67. The minimum atomic E-state index is -0.421. The van der Waals surface area contributed by atoms with Crippen LogP contribution < -0.4 is 5.56 Å². The molecule has 6 heteroatoms. The number of furan rings is 1. The molecule has 1 aliphatic rings. The van der Waals surface area contributed by atoms with E-state index < -0.39 is 6.04 Å². The molecule has 5 rings (SSSR count). The third-order valence-corrected chi connectivity index (χ3v) is 5.77. The van der Waals surface area contributed by atoms with Crippen molar-refractivity contribution < 1.29 is 9.21 Å². The van der Waals surface area contributed by atoms with Crippen LogP contribution in [0.15, 0.2) is 82.2 Å². The van der Waals surface area contributed by atoms with E-state index >= 15 is 0 Å². The maximum Gasteiger partial charge on any atom is 0.266 e. The van der Waals surface area contributed by atoms with E-state index in [9.17, 15) is 9.59 Å². The van der Waals surface area contributed by atoms with Crippen molar-refractivity contribution in [1.29, 1.82) is 0 Å². The van der Waals surface area contributed by atoms with Gasteiger partial charge in [0.05, 0.1) is 35.4 Å². The molecule has 0 aliphatic heterocycles. The average Bonchev–Trinajstić information content (AvgIpc) is 3.53. The Morgan fingerprint density at radius 2 is 1.84 bits per heavy atom. The second kappa shape index (κ2) is 7.87. The smallest absolute Gasteiger partial charge is 0.266 e. The van der Waals surface area contributed by atoms with Gasteiger partial charge in [0, 0.05) is 5.92 Å². The molecule has 2 heterocycles. The van der Waals surface area contributed by atoms with Gasteiger partial charge < -0.3 is 9.32 Å². The Bertz CT molecular complexity index is 1270. The number of aromatic nitrogens is 2. The highest BCUT2D eigenvalue weighted by Gasteiger charge is 2.37. The van der Waals surface area contributed by atoms with Crippen LogP contribution in [0, 0.1) is 5.92 Å². The number of para-hydroxylation sites is 2. The number of nitrogens with zero attached hydrogens (tertiary/aromatic N) is 3. The van der Waals surface area contributed by atoms with Crippen molar-refractivity contribution in [2.24, 2.45) is 5.92 Å². The molecule has 31 heavy (non-hydrogen) atoms. The van der Waals surface area contributed by atoms with Crippen molar-refractivity contribution in [2.75, 3.05) is 0 Å². The summed E-state index contributed by atoms with van der Waals surface area (Å²) in [6.45, 7) is 2.26. The second-order valence-corrected chi connectivity index (χ2v) is 7.96. The lowest BCUT2D eigenvalue weighted by molar-refractivity contribution is -0.136. The van der Waals surface area contributed by atoms with E-state index in [4.69, 9.17) is 9.40 Å². The largest absolute Gasteiger partial charge is 0.467 e. The molecule has 0 spiro atoms. The van der Waals surface area contributed by atoms with Crippen molar-refractivity contribution in [3.8, 4) is 5.69 Å². The summed E-state index contributed by atoms with van der Waals surface area (Å²) >= 11 is 0. The van der Waals surface area contributed by atoms with Crippen LogP contribution in [0.5, 0.6) is 0 Å².